The topological polar surface area (TPSA) is 65.8 Å². The number of hydrogen-bond donors (Lipinski definition) is 1. The molecular weight excluding hydrogens is 411 g/mol. The Kier molecular flexibility index (Phi) is 5.45. The predicted molar refractivity (Wildman–Crippen MR) is 108 cm³/mol. The average Bonchev–Trinajstić information content (AvgIpc) is 3.25. The molecule has 1 aromatic carbocycles. The summed E-state index contributed by atoms with van der Waals surface area (Å²) in [5.41, 5.74) is 0.469. The lowest BCUT2D eigenvalue weighted by atomic mass is 9.82. The number of hydrogen-bond acceptors (Lipinski definition) is 4. The molecule has 0 saturated carbocycles. The van der Waals surface area contributed by atoms with Crippen LogP contribution in [0, 0.1) is 5.92 Å². The van der Waals surface area contributed by atoms with Crippen molar-refractivity contribution in [3.05, 3.63) is 53.5 Å². The number of nitrogens with one attached hydrogen (secondary N) is 1. The minimum absolute atomic E-state index is 0.103. The second-order valence-electron chi connectivity index (χ2n) is 8.30. The summed E-state index contributed by atoms with van der Waals surface area (Å²) in [5, 5.41) is 2.88. The number of alkyl halides is 3. The van der Waals surface area contributed by atoms with Gasteiger partial charge in [-0.3, -0.25) is 9.59 Å². The summed E-state index contributed by atoms with van der Waals surface area (Å²) in [7, 11) is 0. The van der Waals surface area contributed by atoms with Crippen molar-refractivity contribution in [2.45, 2.75) is 38.5 Å². The standard InChI is InChI=1S/C22H24F3N3O3/c1-13(2)26-20(29)16-11-14-10-15(22(23,24)25)5-6-17(14)28-8-7-27(12-18(16)28)21(30)19-4-3-9-31-19/h3-6,9-10,13,16,18H,7-8,11-12H2,1-2H3,(H,26,29)/t16-,18+/m0/s1. The Morgan fingerprint density at radius 2 is 1.97 bits per heavy atom. The van der Waals surface area contributed by atoms with Crippen LogP contribution in [0.15, 0.2) is 41.0 Å². The minimum atomic E-state index is -4.45. The molecule has 3 heterocycles. The van der Waals surface area contributed by atoms with Gasteiger partial charge in [0.15, 0.2) is 5.76 Å². The summed E-state index contributed by atoms with van der Waals surface area (Å²) >= 11 is 0. The number of nitrogens with zero attached hydrogens (tertiary/aromatic N) is 2. The fourth-order valence-corrected chi connectivity index (χ4v) is 4.43. The number of halogens is 3. The zero-order valence-electron chi connectivity index (χ0n) is 17.3. The van der Waals surface area contributed by atoms with Gasteiger partial charge in [0, 0.05) is 31.4 Å². The molecule has 2 amide bonds. The molecule has 2 atom stereocenters. The molecule has 31 heavy (non-hydrogen) atoms. The van der Waals surface area contributed by atoms with Crippen molar-refractivity contribution in [2.75, 3.05) is 24.5 Å². The van der Waals surface area contributed by atoms with Crippen LogP contribution in [0.5, 0.6) is 0 Å². The van der Waals surface area contributed by atoms with Crippen LogP contribution in [-0.4, -0.2) is 48.4 Å². The Morgan fingerprint density at radius 3 is 2.61 bits per heavy atom. The molecule has 1 fully saturated rings. The lowest BCUT2D eigenvalue weighted by Crippen LogP contribution is -2.62. The molecular formula is C22H24F3N3O3. The number of fused-ring (bicyclic) bond motifs is 3. The Morgan fingerprint density at radius 1 is 1.19 bits per heavy atom. The van der Waals surface area contributed by atoms with Crippen LogP contribution >= 0.6 is 0 Å². The first-order valence-corrected chi connectivity index (χ1v) is 10.2. The number of furan rings is 1. The highest BCUT2D eigenvalue weighted by molar-refractivity contribution is 5.92. The highest BCUT2D eigenvalue weighted by Crippen LogP contribution is 2.40. The number of rotatable bonds is 3. The maximum atomic E-state index is 13.2. The van der Waals surface area contributed by atoms with Crippen molar-refractivity contribution in [1.29, 1.82) is 0 Å². The smallest absolute Gasteiger partial charge is 0.416 e. The molecule has 0 unspecified atom stereocenters. The van der Waals surface area contributed by atoms with Crippen LogP contribution < -0.4 is 10.2 Å². The van der Waals surface area contributed by atoms with E-state index in [4.69, 9.17) is 4.42 Å². The summed E-state index contributed by atoms with van der Waals surface area (Å²) in [6, 6.07) is 6.48. The maximum absolute atomic E-state index is 13.2. The van der Waals surface area contributed by atoms with Gasteiger partial charge in [-0.05, 0) is 56.2 Å². The van der Waals surface area contributed by atoms with E-state index in [0.29, 0.717) is 24.3 Å². The van der Waals surface area contributed by atoms with Gasteiger partial charge in [-0.2, -0.15) is 13.2 Å². The molecule has 1 aromatic heterocycles. The second kappa shape index (κ2) is 7.94. The van der Waals surface area contributed by atoms with Crippen LogP contribution in [0.25, 0.3) is 0 Å². The molecule has 166 valence electrons. The summed E-state index contributed by atoms with van der Waals surface area (Å²) < 4.78 is 45.0. The highest BCUT2D eigenvalue weighted by Gasteiger charge is 2.43. The number of piperazine rings is 1. The van der Waals surface area contributed by atoms with Crippen LogP contribution in [0.2, 0.25) is 0 Å². The lowest BCUT2D eigenvalue weighted by molar-refractivity contribution is -0.137. The molecule has 6 nitrogen and oxygen atoms in total. The van der Waals surface area contributed by atoms with Crippen LogP contribution in [-0.2, 0) is 17.4 Å². The molecule has 9 heteroatoms. The number of amides is 2. The third-order valence-electron chi connectivity index (χ3n) is 5.83. The first kappa shape index (κ1) is 21.3. The van der Waals surface area contributed by atoms with E-state index in [2.05, 4.69) is 5.32 Å². The quantitative estimate of drug-likeness (QED) is 0.803. The summed E-state index contributed by atoms with van der Waals surface area (Å²) in [6.07, 6.45) is -2.84. The highest BCUT2D eigenvalue weighted by atomic mass is 19.4. The molecule has 1 saturated heterocycles. The minimum Gasteiger partial charge on any atom is -0.459 e. The molecule has 0 bridgehead atoms. The summed E-state index contributed by atoms with van der Waals surface area (Å²) in [6.45, 7) is 4.76. The maximum Gasteiger partial charge on any atom is 0.416 e. The number of anilines is 1. The van der Waals surface area contributed by atoms with Crippen molar-refractivity contribution in [3.63, 3.8) is 0 Å². The van der Waals surface area contributed by atoms with E-state index in [-0.39, 0.29) is 42.6 Å². The van der Waals surface area contributed by atoms with E-state index in [0.717, 1.165) is 12.1 Å². The van der Waals surface area contributed by atoms with E-state index in [1.807, 2.05) is 18.7 Å². The molecule has 4 rings (SSSR count). The predicted octanol–water partition coefficient (Wildman–Crippen LogP) is 3.33. The zero-order valence-corrected chi connectivity index (χ0v) is 17.3. The van der Waals surface area contributed by atoms with Gasteiger partial charge in [0.05, 0.1) is 23.8 Å². The van der Waals surface area contributed by atoms with Crippen LogP contribution in [0.4, 0.5) is 18.9 Å². The van der Waals surface area contributed by atoms with Crippen LogP contribution in [0.1, 0.15) is 35.5 Å². The van der Waals surface area contributed by atoms with E-state index in [1.54, 1.807) is 17.0 Å². The average molecular weight is 435 g/mol. The van der Waals surface area contributed by atoms with Crippen molar-refractivity contribution >= 4 is 17.5 Å². The molecule has 1 N–H and O–H groups in total. The largest absolute Gasteiger partial charge is 0.459 e. The normalized spacial score (nSPS) is 21.0. The van der Waals surface area contributed by atoms with E-state index in [9.17, 15) is 22.8 Å². The summed E-state index contributed by atoms with van der Waals surface area (Å²) in [5.74, 6) is -0.834. The SMILES string of the molecule is CC(C)NC(=O)[C@H]1Cc2cc(C(F)(F)F)ccc2N2CCN(C(=O)c3ccco3)C[C@H]12. The van der Waals surface area contributed by atoms with Gasteiger partial charge in [0.2, 0.25) is 5.91 Å². The third-order valence-corrected chi connectivity index (χ3v) is 5.83. The van der Waals surface area contributed by atoms with Gasteiger partial charge in [-0.1, -0.05) is 0 Å². The second-order valence-corrected chi connectivity index (χ2v) is 8.30. The molecule has 0 spiro atoms. The monoisotopic (exact) mass is 435 g/mol. The van der Waals surface area contributed by atoms with Gasteiger partial charge >= 0.3 is 6.18 Å². The fourth-order valence-electron chi connectivity index (χ4n) is 4.43. The molecule has 2 aliphatic rings. The van der Waals surface area contributed by atoms with Crippen LogP contribution in [0.3, 0.4) is 0 Å². The number of benzene rings is 1. The molecule has 0 aliphatic carbocycles. The van der Waals surface area contributed by atoms with Gasteiger partial charge < -0.3 is 19.5 Å². The van der Waals surface area contributed by atoms with E-state index >= 15 is 0 Å². The van der Waals surface area contributed by atoms with Gasteiger partial charge in [0.1, 0.15) is 0 Å². The van der Waals surface area contributed by atoms with Gasteiger partial charge in [-0.15, -0.1) is 0 Å². The van der Waals surface area contributed by atoms with E-state index in [1.165, 1.54) is 12.3 Å². The van der Waals surface area contributed by atoms with E-state index < -0.39 is 17.7 Å². The molecule has 2 aliphatic heterocycles. The third kappa shape index (κ3) is 4.13. The summed E-state index contributed by atoms with van der Waals surface area (Å²) in [4.78, 5) is 29.4. The Balaban J connectivity index is 1.67. The fraction of sp³-hybridized carbons (Fsp3) is 0.455. The number of carbonyl (C=O) groups excluding carboxylic acids is 2. The molecule has 2 aromatic rings. The Labute approximate surface area is 178 Å². The van der Waals surface area contributed by atoms with Gasteiger partial charge in [0.25, 0.3) is 5.91 Å². The molecule has 0 radical (unpaired) electrons. The van der Waals surface area contributed by atoms with Crippen molar-refractivity contribution in [2.24, 2.45) is 5.92 Å². The number of carbonyl (C=O) groups is 2. The first-order valence-electron chi connectivity index (χ1n) is 10.2. The Hall–Kier alpha value is -2.97. The van der Waals surface area contributed by atoms with Crippen molar-refractivity contribution in [1.82, 2.24) is 10.2 Å². The van der Waals surface area contributed by atoms with Gasteiger partial charge in [-0.25, -0.2) is 0 Å². The Bertz CT molecular complexity index is 972. The van der Waals surface area contributed by atoms with Crippen molar-refractivity contribution in [3.8, 4) is 0 Å². The lowest BCUT2D eigenvalue weighted by Gasteiger charge is -2.49. The first-order chi connectivity index (χ1) is 14.6. The van der Waals surface area contributed by atoms with Crippen molar-refractivity contribution < 1.29 is 27.2 Å². The zero-order chi connectivity index (χ0) is 22.3.